The smallest absolute Gasteiger partial charge is 0.188 e. The lowest BCUT2D eigenvalue weighted by atomic mass is 9.84. The minimum absolute atomic E-state index is 0.401. The summed E-state index contributed by atoms with van der Waals surface area (Å²) in [6, 6.07) is 3.53. The maximum atomic E-state index is 12.8. The number of hydrogen-bond donors (Lipinski definition) is 1. The molecule has 1 N–H and O–H groups in total. The van der Waals surface area contributed by atoms with E-state index in [-0.39, 0.29) is 0 Å². The highest BCUT2D eigenvalue weighted by molar-refractivity contribution is 7.99. The molecular weight excluding hydrogens is 282 g/mol. The van der Waals surface area contributed by atoms with Gasteiger partial charge in [-0.15, -0.1) is 0 Å². The van der Waals surface area contributed by atoms with Gasteiger partial charge in [0.2, 0.25) is 0 Å². The van der Waals surface area contributed by atoms with Crippen LogP contribution < -0.4 is 4.72 Å². The molecule has 1 aromatic heterocycles. The van der Waals surface area contributed by atoms with E-state index in [0.29, 0.717) is 5.15 Å². The Bertz CT molecular complexity index is 583. The molecule has 6 heteroatoms. The third-order valence-corrected chi connectivity index (χ3v) is 6.31. The average Bonchev–Trinajstić information content (AvgIpc) is 2.40. The number of rotatable bonds is 3. The van der Waals surface area contributed by atoms with Gasteiger partial charge >= 0.3 is 0 Å². The van der Waals surface area contributed by atoms with Crippen LogP contribution >= 0.6 is 11.6 Å². The van der Waals surface area contributed by atoms with Crippen molar-refractivity contribution in [3.8, 4) is 6.19 Å². The summed E-state index contributed by atoms with van der Waals surface area (Å²) in [5, 5.41) is 9.22. The predicted octanol–water partition coefficient (Wildman–Crippen LogP) is 2.60. The summed E-state index contributed by atoms with van der Waals surface area (Å²) in [6.45, 7) is 0. The SMILES string of the molecule is C=S(=O)(NC#N)C1(c2ccc(Cl)nc2)CCCCC1. The monoisotopic (exact) mass is 297 g/mol. The van der Waals surface area contributed by atoms with Gasteiger partial charge in [0, 0.05) is 6.20 Å². The summed E-state index contributed by atoms with van der Waals surface area (Å²) in [4.78, 5) is 4.07. The molecule has 0 amide bonds. The highest BCUT2D eigenvalue weighted by Gasteiger charge is 2.42. The van der Waals surface area contributed by atoms with Crippen LogP contribution in [0, 0.1) is 11.5 Å². The molecule has 1 atom stereocenters. The molecule has 0 spiro atoms. The molecule has 102 valence electrons. The lowest BCUT2D eigenvalue weighted by Gasteiger charge is -2.39. The molecule has 1 unspecified atom stereocenters. The number of nitrogens with zero attached hydrogens (tertiary/aromatic N) is 2. The molecule has 2 rings (SSSR count). The summed E-state index contributed by atoms with van der Waals surface area (Å²) < 4.78 is 14.6. The number of nitrogens with one attached hydrogen (secondary N) is 1. The van der Waals surface area contributed by atoms with Crippen molar-refractivity contribution >= 4 is 27.2 Å². The van der Waals surface area contributed by atoms with Crippen molar-refractivity contribution in [1.29, 1.82) is 5.26 Å². The molecule has 1 aliphatic carbocycles. The minimum Gasteiger partial charge on any atom is -0.249 e. The Balaban J connectivity index is 2.52. The zero-order valence-electron chi connectivity index (χ0n) is 10.6. The summed E-state index contributed by atoms with van der Waals surface area (Å²) in [7, 11) is -2.76. The quantitative estimate of drug-likeness (QED) is 0.404. The Kier molecular flexibility index (Phi) is 4.02. The number of aromatic nitrogens is 1. The second kappa shape index (κ2) is 5.40. The maximum Gasteiger partial charge on any atom is 0.188 e. The fraction of sp³-hybridized carbons (Fsp3) is 0.462. The molecule has 4 nitrogen and oxygen atoms in total. The van der Waals surface area contributed by atoms with Gasteiger partial charge in [0.05, 0.1) is 14.5 Å². The lowest BCUT2D eigenvalue weighted by Crippen LogP contribution is -2.43. The van der Waals surface area contributed by atoms with Crippen LogP contribution in [0.1, 0.15) is 37.7 Å². The van der Waals surface area contributed by atoms with E-state index in [2.05, 4.69) is 15.6 Å². The molecular formula is C13H16ClN3OS. The van der Waals surface area contributed by atoms with Crippen molar-refractivity contribution in [3.05, 3.63) is 29.0 Å². The van der Waals surface area contributed by atoms with Crippen LogP contribution in [0.15, 0.2) is 18.3 Å². The molecule has 0 saturated heterocycles. The lowest BCUT2D eigenvalue weighted by molar-refractivity contribution is 0.392. The van der Waals surface area contributed by atoms with E-state index in [4.69, 9.17) is 16.9 Å². The van der Waals surface area contributed by atoms with Gasteiger partial charge in [-0.3, -0.25) is 0 Å². The van der Waals surface area contributed by atoms with Crippen LogP contribution in [0.2, 0.25) is 5.15 Å². The molecule has 0 radical (unpaired) electrons. The van der Waals surface area contributed by atoms with E-state index in [9.17, 15) is 4.21 Å². The molecule has 1 heterocycles. The third-order valence-electron chi connectivity index (χ3n) is 3.76. The second-order valence-corrected chi connectivity index (χ2v) is 7.54. The van der Waals surface area contributed by atoms with Gasteiger partial charge in [-0.1, -0.05) is 36.9 Å². The van der Waals surface area contributed by atoms with E-state index in [1.807, 2.05) is 6.07 Å². The fourth-order valence-corrected chi connectivity index (χ4v) is 4.65. The van der Waals surface area contributed by atoms with Crippen molar-refractivity contribution in [3.63, 3.8) is 0 Å². The predicted molar refractivity (Wildman–Crippen MR) is 78.0 cm³/mol. The zero-order valence-corrected chi connectivity index (χ0v) is 12.1. The second-order valence-electron chi connectivity index (χ2n) is 4.81. The Morgan fingerprint density at radius 3 is 2.63 bits per heavy atom. The molecule has 0 aliphatic heterocycles. The Morgan fingerprint density at radius 2 is 2.11 bits per heavy atom. The largest absolute Gasteiger partial charge is 0.249 e. The van der Waals surface area contributed by atoms with Crippen LogP contribution in [0.5, 0.6) is 0 Å². The summed E-state index contributed by atoms with van der Waals surface area (Å²) in [5.41, 5.74) is 0.847. The van der Waals surface area contributed by atoms with Gasteiger partial charge < -0.3 is 0 Å². The molecule has 1 saturated carbocycles. The zero-order chi connectivity index (χ0) is 13.9. The van der Waals surface area contributed by atoms with Crippen molar-refractivity contribution < 1.29 is 4.21 Å². The Morgan fingerprint density at radius 1 is 1.42 bits per heavy atom. The first-order chi connectivity index (χ1) is 9.02. The summed E-state index contributed by atoms with van der Waals surface area (Å²) in [5.74, 6) is 3.79. The average molecular weight is 298 g/mol. The van der Waals surface area contributed by atoms with Gasteiger partial charge in [-0.2, -0.15) is 5.26 Å². The molecule has 19 heavy (non-hydrogen) atoms. The summed E-state index contributed by atoms with van der Waals surface area (Å²) in [6.07, 6.45) is 7.98. The normalized spacial score (nSPS) is 21.1. The number of hydrogen-bond acceptors (Lipinski definition) is 3. The van der Waals surface area contributed by atoms with Gasteiger partial charge in [-0.05, 0) is 30.3 Å². The Labute approximate surface area is 118 Å². The van der Waals surface area contributed by atoms with E-state index >= 15 is 0 Å². The van der Waals surface area contributed by atoms with Gasteiger partial charge in [0.1, 0.15) is 5.15 Å². The van der Waals surface area contributed by atoms with Gasteiger partial charge in [0.15, 0.2) is 6.19 Å². The van der Waals surface area contributed by atoms with Gasteiger partial charge in [-0.25, -0.2) is 13.9 Å². The van der Waals surface area contributed by atoms with Crippen LogP contribution in [0.25, 0.3) is 0 Å². The molecule has 0 aromatic carbocycles. The molecule has 1 fully saturated rings. The van der Waals surface area contributed by atoms with Crippen LogP contribution in [-0.2, 0) is 14.5 Å². The van der Waals surface area contributed by atoms with Gasteiger partial charge in [0.25, 0.3) is 0 Å². The van der Waals surface area contributed by atoms with E-state index in [0.717, 1.165) is 37.7 Å². The van der Waals surface area contributed by atoms with E-state index < -0.39 is 14.5 Å². The van der Waals surface area contributed by atoms with E-state index in [1.54, 1.807) is 18.5 Å². The molecule has 0 bridgehead atoms. The third kappa shape index (κ3) is 2.56. The first-order valence-electron chi connectivity index (χ1n) is 6.16. The number of nitriles is 1. The van der Waals surface area contributed by atoms with Crippen molar-refractivity contribution in [2.75, 3.05) is 0 Å². The fourth-order valence-electron chi connectivity index (χ4n) is 2.75. The van der Waals surface area contributed by atoms with Crippen LogP contribution in [-0.4, -0.2) is 15.1 Å². The Hall–Kier alpha value is -1.25. The van der Waals surface area contributed by atoms with Crippen molar-refractivity contribution in [2.24, 2.45) is 0 Å². The highest BCUT2D eigenvalue weighted by Crippen LogP contribution is 2.43. The topological polar surface area (TPSA) is 65.8 Å². The standard InChI is InChI=1S/C13H16ClN3OS/c1-19(18,17-10-15)13(7-3-2-4-8-13)11-5-6-12(14)16-9-11/h5-6,9H,1-4,7-8H2,(H,17,18). The molecule has 1 aromatic rings. The first kappa shape index (κ1) is 14.2. The number of pyridine rings is 1. The first-order valence-corrected chi connectivity index (χ1v) is 8.27. The van der Waals surface area contributed by atoms with Crippen LogP contribution in [0.4, 0.5) is 0 Å². The minimum atomic E-state index is -2.76. The van der Waals surface area contributed by atoms with Crippen LogP contribution in [0.3, 0.4) is 0 Å². The van der Waals surface area contributed by atoms with Crippen molar-refractivity contribution in [1.82, 2.24) is 9.71 Å². The number of halogens is 1. The highest BCUT2D eigenvalue weighted by atomic mass is 35.5. The van der Waals surface area contributed by atoms with Crippen molar-refractivity contribution in [2.45, 2.75) is 36.9 Å². The molecule has 1 aliphatic rings. The maximum absolute atomic E-state index is 12.8. The summed E-state index contributed by atoms with van der Waals surface area (Å²) >= 11 is 5.81. The van der Waals surface area contributed by atoms with E-state index in [1.165, 1.54) is 0 Å².